The molecule has 0 saturated heterocycles. The first-order valence-electron chi connectivity index (χ1n) is 13.7. The van der Waals surface area contributed by atoms with Gasteiger partial charge in [0.05, 0.1) is 12.1 Å². The smallest absolute Gasteiger partial charge is 0.263 e. The van der Waals surface area contributed by atoms with E-state index in [1.54, 1.807) is 43.4 Å². The molecule has 0 spiro atoms. The van der Waals surface area contributed by atoms with Crippen molar-refractivity contribution >= 4 is 28.6 Å². The van der Waals surface area contributed by atoms with Gasteiger partial charge in [0, 0.05) is 37.8 Å². The molecule has 9 nitrogen and oxygen atoms in total. The molecule has 3 amide bonds. The predicted octanol–water partition coefficient (Wildman–Crippen LogP) is 3.24. The topological polar surface area (TPSA) is 121 Å². The van der Waals surface area contributed by atoms with Crippen LogP contribution in [0, 0.1) is 0 Å². The van der Waals surface area contributed by atoms with Gasteiger partial charge in [0.1, 0.15) is 11.3 Å². The molecule has 0 fully saturated rings. The standard InChI is InChI=1S/C32H32N4O5/c1-35-27-10-3-2-7-23(27)19-26(31(35)40)32(41)36-16-5-4-14-34-30(39)24-9-6-8-22(18-24)25-17-21(11-12-28(25)37)13-15-33-29(38)20-36/h2-3,6-12,17-19,37H,4-5,13-16,20H2,1H3,(H,33,38)(H,34,39). The van der Waals surface area contributed by atoms with Crippen LogP contribution in [0.2, 0.25) is 0 Å². The third-order valence-corrected chi connectivity index (χ3v) is 7.36. The number of aryl methyl sites for hydroxylation is 1. The zero-order valence-corrected chi connectivity index (χ0v) is 22.9. The highest BCUT2D eigenvalue weighted by atomic mass is 16.3. The van der Waals surface area contributed by atoms with Crippen molar-refractivity contribution in [2.75, 3.05) is 26.2 Å². The SMILES string of the molecule is Cn1c(=O)c(C(=O)N2CCCCNC(=O)c3cccc(c3)-c3cc(ccc3O)CCNC(=O)C2)cc2ccccc21. The highest BCUT2D eigenvalue weighted by Crippen LogP contribution is 2.31. The molecule has 1 aromatic heterocycles. The molecule has 0 saturated carbocycles. The molecule has 3 aromatic carbocycles. The number of pyridine rings is 1. The number of aromatic nitrogens is 1. The summed E-state index contributed by atoms with van der Waals surface area (Å²) in [4.78, 5) is 53.9. The van der Waals surface area contributed by atoms with E-state index in [4.69, 9.17) is 0 Å². The van der Waals surface area contributed by atoms with Crippen LogP contribution in [0.4, 0.5) is 0 Å². The molecule has 9 heteroatoms. The molecule has 0 atom stereocenters. The van der Waals surface area contributed by atoms with Crippen molar-refractivity contribution in [2.24, 2.45) is 7.05 Å². The lowest BCUT2D eigenvalue weighted by molar-refractivity contribution is -0.121. The molecule has 0 unspecified atom stereocenters. The van der Waals surface area contributed by atoms with Crippen molar-refractivity contribution < 1.29 is 19.5 Å². The number of nitrogens with one attached hydrogen (secondary N) is 2. The molecule has 4 aromatic rings. The molecule has 5 rings (SSSR count). The maximum atomic E-state index is 13.6. The number of fused-ring (bicyclic) bond motifs is 6. The number of benzene rings is 3. The van der Waals surface area contributed by atoms with Crippen LogP contribution in [0.5, 0.6) is 5.75 Å². The fraction of sp³-hybridized carbons (Fsp3) is 0.250. The summed E-state index contributed by atoms with van der Waals surface area (Å²) in [7, 11) is 1.63. The lowest BCUT2D eigenvalue weighted by Crippen LogP contribution is -2.43. The summed E-state index contributed by atoms with van der Waals surface area (Å²) < 4.78 is 1.45. The van der Waals surface area contributed by atoms with Gasteiger partial charge < -0.3 is 25.2 Å². The predicted molar refractivity (Wildman–Crippen MR) is 157 cm³/mol. The first-order chi connectivity index (χ1) is 19.8. The molecule has 3 N–H and O–H groups in total. The van der Waals surface area contributed by atoms with Crippen molar-refractivity contribution in [1.29, 1.82) is 0 Å². The first-order valence-corrected chi connectivity index (χ1v) is 13.7. The summed E-state index contributed by atoms with van der Waals surface area (Å²) >= 11 is 0. The Balaban J connectivity index is 1.40. The van der Waals surface area contributed by atoms with Crippen molar-refractivity contribution in [3.8, 4) is 16.9 Å². The Hall–Kier alpha value is -4.92. The van der Waals surface area contributed by atoms with E-state index in [1.807, 2.05) is 36.4 Å². The summed E-state index contributed by atoms with van der Waals surface area (Å²) in [5.41, 5.74) is 2.98. The van der Waals surface area contributed by atoms with Gasteiger partial charge in [0.2, 0.25) is 5.91 Å². The Morgan fingerprint density at radius 3 is 2.51 bits per heavy atom. The molecule has 2 heterocycles. The highest BCUT2D eigenvalue weighted by molar-refractivity contribution is 5.99. The number of nitrogens with zero attached hydrogens (tertiary/aromatic N) is 2. The lowest BCUT2D eigenvalue weighted by atomic mass is 9.98. The third kappa shape index (κ3) is 6.14. The minimum absolute atomic E-state index is 0.00551. The number of para-hydroxylation sites is 1. The largest absolute Gasteiger partial charge is 0.507 e. The van der Waals surface area contributed by atoms with Crippen LogP contribution in [0.3, 0.4) is 0 Å². The van der Waals surface area contributed by atoms with E-state index in [1.165, 1.54) is 9.47 Å². The number of aromatic hydroxyl groups is 1. The molecule has 0 radical (unpaired) electrons. The van der Waals surface area contributed by atoms with Crippen molar-refractivity contribution in [3.63, 3.8) is 0 Å². The molecular weight excluding hydrogens is 520 g/mol. The molecule has 4 bridgehead atoms. The lowest BCUT2D eigenvalue weighted by Gasteiger charge is -2.23. The van der Waals surface area contributed by atoms with E-state index in [0.29, 0.717) is 49.0 Å². The summed E-state index contributed by atoms with van der Waals surface area (Å²) in [6.45, 7) is 0.739. The van der Waals surface area contributed by atoms with Gasteiger partial charge in [-0.1, -0.05) is 36.4 Å². The van der Waals surface area contributed by atoms with E-state index >= 15 is 0 Å². The summed E-state index contributed by atoms with van der Waals surface area (Å²) in [5.74, 6) is -0.990. The monoisotopic (exact) mass is 552 g/mol. The Kier molecular flexibility index (Phi) is 8.14. The first kappa shape index (κ1) is 27.6. The van der Waals surface area contributed by atoms with Gasteiger partial charge in [0.15, 0.2) is 0 Å². The fourth-order valence-electron chi connectivity index (χ4n) is 5.10. The summed E-state index contributed by atoms with van der Waals surface area (Å²) in [6, 6.07) is 21.2. The van der Waals surface area contributed by atoms with Gasteiger partial charge >= 0.3 is 0 Å². The maximum absolute atomic E-state index is 13.6. The Labute approximate surface area is 237 Å². The molecule has 210 valence electrons. The number of phenolic OH excluding ortho intramolecular Hbond substituents is 1. The van der Waals surface area contributed by atoms with Crippen LogP contribution >= 0.6 is 0 Å². The summed E-state index contributed by atoms with van der Waals surface area (Å²) in [6.07, 6.45) is 1.58. The van der Waals surface area contributed by atoms with E-state index < -0.39 is 11.5 Å². The van der Waals surface area contributed by atoms with Crippen LogP contribution in [0.1, 0.15) is 39.1 Å². The van der Waals surface area contributed by atoms with Gasteiger partial charge in [-0.2, -0.15) is 0 Å². The van der Waals surface area contributed by atoms with Crippen LogP contribution < -0.4 is 16.2 Å². The van der Waals surface area contributed by atoms with Crippen LogP contribution in [0.25, 0.3) is 22.0 Å². The molecule has 41 heavy (non-hydrogen) atoms. The van der Waals surface area contributed by atoms with E-state index in [-0.39, 0.29) is 36.2 Å². The Morgan fingerprint density at radius 1 is 0.854 bits per heavy atom. The second-order valence-corrected chi connectivity index (χ2v) is 10.2. The number of carbonyl (C=O) groups is 3. The quantitative estimate of drug-likeness (QED) is 0.335. The molecule has 1 aliphatic rings. The number of hydrogen-bond acceptors (Lipinski definition) is 5. The minimum Gasteiger partial charge on any atom is -0.507 e. The normalized spacial score (nSPS) is 15.0. The van der Waals surface area contributed by atoms with Gasteiger partial charge in [-0.25, -0.2) is 0 Å². The van der Waals surface area contributed by atoms with Gasteiger partial charge in [-0.15, -0.1) is 0 Å². The van der Waals surface area contributed by atoms with Crippen molar-refractivity contribution in [3.05, 3.63) is 99.8 Å². The maximum Gasteiger partial charge on any atom is 0.263 e. The zero-order valence-electron chi connectivity index (χ0n) is 22.9. The average molecular weight is 553 g/mol. The van der Waals surface area contributed by atoms with E-state index in [2.05, 4.69) is 10.6 Å². The van der Waals surface area contributed by atoms with E-state index in [9.17, 15) is 24.3 Å². The van der Waals surface area contributed by atoms with Gasteiger partial charge in [0.25, 0.3) is 17.4 Å². The molecule has 0 aliphatic carbocycles. The Morgan fingerprint density at radius 2 is 1.66 bits per heavy atom. The molecule has 1 aliphatic heterocycles. The zero-order chi connectivity index (χ0) is 28.9. The fourth-order valence-corrected chi connectivity index (χ4v) is 5.10. The van der Waals surface area contributed by atoms with Crippen LogP contribution in [-0.4, -0.2) is 58.5 Å². The average Bonchev–Trinajstić information content (AvgIpc) is 2.98. The van der Waals surface area contributed by atoms with Crippen LogP contribution in [-0.2, 0) is 18.3 Å². The van der Waals surface area contributed by atoms with Crippen molar-refractivity contribution in [2.45, 2.75) is 19.3 Å². The number of amides is 3. The van der Waals surface area contributed by atoms with Crippen molar-refractivity contribution in [1.82, 2.24) is 20.1 Å². The van der Waals surface area contributed by atoms with Gasteiger partial charge in [-0.05, 0) is 72.2 Å². The number of phenols is 1. The third-order valence-electron chi connectivity index (χ3n) is 7.36. The number of carbonyl (C=O) groups excluding carboxylic acids is 3. The highest BCUT2D eigenvalue weighted by Gasteiger charge is 2.23. The van der Waals surface area contributed by atoms with Gasteiger partial charge in [-0.3, -0.25) is 19.2 Å². The summed E-state index contributed by atoms with van der Waals surface area (Å²) in [5, 5.41) is 17.0. The minimum atomic E-state index is -0.509. The Bertz CT molecular complexity index is 1690. The molecular formula is C32H32N4O5. The number of rotatable bonds is 1. The van der Waals surface area contributed by atoms with E-state index in [0.717, 1.165) is 16.5 Å². The van der Waals surface area contributed by atoms with Crippen LogP contribution in [0.15, 0.2) is 77.6 Å². The second-order valence-electron chi connectivity index (χ2n) is 10.2. The number of hydrogen-bond donors (Lipinski definition) is 3. The second kappa shape index (κ2) is 12.1.